The molecule has 0 aromatic heterocycles. The Kier molecular flexibility index (Phi) is 10.8. The van der Waals surface area contributed by atoms with E-state index in [9.17, 15) is 40.5 Å². The van der Waals surface area contributed by atoms with Gasteiger partial charge in [0.1, 0.15) is 36.6 Å². The largest absolute Gasteiger partial charge is 0.454 e. The van der Waals surface area contributed by atoms with Gasteiger partial charge in [-0.25, -0.2) is 0 Å². The third-order valence-electron chi connectivity index (χ3n) is 18.2. The number of hydrogen-bond acceptors (Lipinski definition) is 14. The summed E-state index contributed by atoms with van der Waals surface area (Å²) < 4.78 is 36.9. The molecule has 14 nitrogen and oxygen atoms in total. The minimum absolute atomic E-state index is 0.0223. The van der Waals surface area contributed by atoms with Crippen LogP contribution in [0.2, 0.25) is 0 Å². The lowest BCUT2D eigenvalue weighted by atomic mass is 9.32. The number of aliphatic hydroxyl groups excluding tert-OH is 7. The predicted octanol–water partition coefficient (Wildman–Crippen LogP) is 2.35. The highest BCUT2D eigenvalue weighted by molar-refractivity contribution is 5.66. The molecule has 0 radical (unpaired) electrons. The van der Waals surface area contributed by atoms with Crippen LogP contribution in [0.25, 0.3) is 0 Å². The van der Waals surface area contributed by atoms with E-state index in [1.54, 1.807) is 6.92 Å². The zero-order valence-corrected chi connectivity index (χ0v) is 35.6. The van der Waals surface area contributed by atoms with E-state index in [2.05, 4.69) is 53.7 Å². The van der Waals surface area contributed by atoms with E-state index in [1.165, 1.54) is 0 Å². The molecule has 5 aliphatic carbocycles. The fourth-order valence-corrected chi connectivity index (χ4v) is 14.6. The summed E-state index contributed by atoms with van der Waals surface area (Å²) in [6, 6.07) is 0. The first-order valence-corrected chi connectivity index (χ1v) is 21.8. The van der Waals surface area contributed by atoms with Gasteiger partial charge < -0.3 is 64.2 Å². The number of ether oxygens (including phenoxy) is 6. The number of hydrogen-bond donors (Lipinski definition) is 7. The maximum absolute atomic E-state index is 12.2. The summed E-state index contributed by atoms with van der Waals surface area (Å²) in [5.41, 5.74) is -2.00. The second-order valence-electron chi connectivity index (χ2n) is 21.5. The van der Waals surface area contributed by atoms with Crippen LogP contribution in [0.15, 0.2) is 12.2 Å². The molecule has 2 bridgehead atoms. The molecule has 330 valence electrons. The summed E-state index contributed by atoms with van der Waals surface area (Å²) in [7, 11) is 0. The Bertz CT molecular complexity index is 1610. The summed E-state index contributed by atoms with van der Waals surface area (Å²) in [6.45, 7) is 16.4. The molecular formula is C44H70O14. The standard InChI is InChI=1S/C44H70O14/c1-22-30(49)34(58-37-35(55-23(2)47)32(51)31(50)24(19-45)56-37)33(52)36(54-22)57-29-11-12-39(5)25(40(29,6)20-46)9-13-41(7)26(39)10-14-44-27-17-38(3,4)15-16-43(27,21-53-44)28(48)18-42(41,44)8/h10,14,22,24-37,45-46,48-52H,9,11-13,15-21H2,1-8H3/t22-,24-,25+,26-,27+,28+,29+,30+,31-,32+,33-,34+,35-,36+,37+,39+,40+,41-,42+,43-,44+/m1/s1. The lowest BCUT2D eigenvalue weighted by Gasteiger charge is -2.73. The molecule has 1 spiro atoms. The lowest BCUT2D eigenvalue weighted by molar-refractivity contribution is -0.368. The van der Waals surface area contributed by atoms with Crippen LogP contribution in [0.1, 0.15) is 107 Å². The van der Waals surface area contributed by atoms with E-state index in [0.717, 1.165) is 45.4 Å². The van der Waals surface area contributed by atoms with Gasteiger partial charge in [0, 0.05) is 29.1 Å². The molecule has 7 N–H and O–H groups in total. The highest BCUT2D eigenvalue weighted by Crippen LogP contribution is 2.79. The Hall–Kier alpha value is -1.27. The zero-order valence-electron chi connectivity index (χ0n) is 35.6. The van der Waals surface area contributed by atoms with Crippen LogP contribution in [0, 0.1) is 50.2 Å². The Morgan fingerprint density at radius 2 is 1.52 bits per heavy atom. The van der Waals surface area contributed by atoms with E-state index < -0.39 is 97.2 Å². The Balaban J connectivity index is 1.05. The monoisotopic (exact) mass is 822 g/mol. The van der Waals surface area contributed by atoms with Crippen LogP contribution < -0.4 is 0 Å². The van der Waals surface area contributed by atoms with Crippen molar-refractivity contribution in [2.24, 2.45) is 50.2 Å². The minimum atomic E-state index is -1.69. The maximum Gasteiger partial charge on any atom is 0.303 e. The van der Waals surface area contributed by atoms with Gasteiger partial charge in [-0.05, 0) is 86.4 Å². The molecule has 0 unspecified atom stereocenters. The highest BCUT2D eigenvalue weighted by atomic mass is 16.7. The number of carbonyl (C=O) groups is 1. The second kappa shape index (κ2) is 14.4. The van der Waals surface area contributed by atoms with Crippen molar-refractivity contribution in [2.75, 3.05) is 19.8 Å². The topological polar surface area (TPSA) is 214 Å². The van der Waals surface area contributed by atoms with Crippen molar-refractivity contribution >= 4 is 5.97 Å². The molecule has 21 atom stereocenters. The number of rotatable bonds is 7. The first-order valence-electron chi connectivity index (χ1n) is 21.8. The molecule has 0 amide bonds. The van der Waals surface area contributed by atoms with Gasteiger partial charge in [-0.3, -0.25) is 4.79 Å². The lowest BCUT2D eigenvalue weighted by Crippen LogP contribution is -2.72. The molecule has 8 aliphatic rings. The first-order chi connectivity index (χ1) is 27.1. The van der Waals surface area contributed by atoms with Crippen LogP contribution in [-0.2, 0) is 33.2 Å². The van der Waals surface area contributed by atoms with Gasteiger partial charge >= 0.3 is 5.97 Å². The molecule has 3 heterocycles. The molecule has 8 rings (SSSR count). The number of fused-ring (bicyclic) bond motifs is 4. The fraction of sp³-hybridized carbons (Fsp3) is 0.932. The molecule has 4 saturated carbocycles. The molecule has 0 aromatic carbocycles. The number of esters is 1. The van der Waals surface area contributed by atoms with E-state index in [4.69, 9.17) is 28.4 Å². The van der Waals surface area contributed by atoms with Gasteiger partial charge in [0.15, 0.2) is 18.7 Å². The molecule has 3 saturated heterocycles. The number of allylic oxidation sites excluding steroid dienone is 1. The van der Waals surface area contributed by atoms with E-state index in [0.29, 0.717) is 19.4 Å². The van der Waals surface area contributed by atoms with Crippen molar-refractivity contribution in [1.29, 1.82) is 0 Å². The van der Waals surface area contributed by atoms with Gasteiger partial charge in [-0.15, -0.1) is 0 Å². The van der Waals surface area contributed by atoms with Crippen molar-refractivity contribution < 1.29 is 69.0 Å². The molecular weight excluding hydrogens is 752 g/mol. The van der Waals surface area contributed by atoms with Gasteiger partial charge in [0.2, 0.25) is 0 Å². The van der Waals surface area contributed by atoms with Crippen LogP contribution in [0.4, 0.5) is 0 Å². The van der Waals surface area contributed by atoms with Gasteiger partial charge in [0.25, 0.3) is 0 Å². The van der Waals surface area contributed by atoms with Crippen molar-refractivity contribution in [3.8, 4) is 0 Å². The van der Waals surface area contributed by atoms with Crippen molar-refractivity contribution in [2.45, 2.75) is 186 Å². The molecule has 7 fully saturated rings. The predicted molar refractivity (Wildman–Crippen MR) is 206 cm³/mol. The van der Waals surface area contributed by atoms with E-state index in [1.807, 2.05) is 0 Å². The van der Waals surface area contributed by atoms with Gasteiger partial charge in [0.05, 0.1) is 43.7 Å². The summed E-state index contributed by atoms with van der Waals surface area (Å²) in [5.74, 6) is -0.382. The zero-order chi connectivity index (χ0) is 42.2. The highest BCUT2D eigenvalue weighted by Gasteiger charge is 2.79. The third-order valence-corrected chi connectivity index (χ3v) is 18.2. The third kappa shape index (κ3) is 5.89. The van der Waals surface area contributed by atoms with Crippen molar-refractivity contribution in [3.05, 3.63) is 12.2 Å². The minimum Gasteiger partial charge on any atom is -0.454 e. The molecule has 14 heteroatoms. The Morgan fingerprint density at radius 1 is 0.793 bits per heavy atom. The number of carbonyl (C=O) groups excluding carboxylic acids is 1. The summed E-state index contributed by atoms with van der Waals surface area (Å²) in [6.07, 6.45) is -3.57. The fourth-order valence-electron chi connectivity index (χ4n) is 14.6. The molecule has 58 heavy (non-hydrogen) atoms. The van der Waals surface area contributed by atoms with Crippen LogP contribution in [0.5, 0.6) is 0 Å². The first kappa shape index (κ1) is 43.4. The summed E-state index contributed by atoms with van der Waals surface area (Å²) in [5, 5.41) is 77.6. The quantitative estimate of drug-likeness (QED) is 0.112. The summed E-state index contributed by atoms with van der Waals surface area (Å²) in [4.78, 5) is 12.0. The molecule has 3 aliphatic heterocycles. The van der Waals surface area contributed by atoms with Crippen molar-refractivity contribution in [3.63, 3.8) is 0 Å². The van der Waals surface area contributed by atoms with E-state index in [-0.39, 0.29) is 51.4 Å². The van der Waals surface area contributed by atoms with Crippen LogP contribution in [0.3, 0.4) is 0 Å². The summed E-state index contributed by atoms with van der Waals surface area (Å²) >= 11 is 0. The average Bonchev–Trinajstić information content (AvgIpc) is 3.44. The van der Waals surface area contributed by atoms with E-state index >= 15 is 0 Å². The van der Waals surface area contributed by atoms with Crippen molar-refractivity contribution in [1.82, 2.24) is 0 Å². The Labute approximate surface area is 342 Å². The normalized spacial score (nSPS) is 57.1. The van der Waals surface area contributed by atoms with Crippen LogP contribution in [-0.4, -0.2) is 141 Å². The maximum atomic E-state index is 12.2. The smallest absolute Gasteiger partial charge is 0.303 e. The Morgan fingerprint density at radius 3 is 2.19 bits per heavy atom. The second-order valence-corrected chi connectivity index (χ2v) is 21.5. The van der Waals surface area contributed by atoms with Crippen LogP contribution >= 0.6 is 0 Å². The average molecular weight is 823 g/mol. The number of aliphatic hydroxyl groups is 7. The van der Waals surface area contributed by atoms with Gasteiger partial charge in [-0.1, -0.05) is 53.7 Å². The molecule has 0 aromatic rings. The van der Waals surface area contributed by atoms with Gasteiger partial charge in [-0.2, -0.15) is 0 Å². The SMILES string of the molecule is CC(=O)O[C@H]1[C@H](O[C@H]2[C@@H](O)[C@@H](C)O[C@@H](O[C@H]3CC[C@@]4(C)[C@H](CC[C@]5(C)[C@@H]4C=C[C@]46OC[C@@]7(CCC(C)(C)C[C@@H]74)[C@@H](O)C[C@]65C)[C@]3(C)CO)[C@@H]2O)O[C@H](CO)[C@@H](O)[C@@H]1O.